The molecule has 2 aromatic rings. The third-order valence-electron chi connectivity index (χ3n) is 2.33. The van der Waals surface area contributed by atoms with E-state index in [4.69, 9.17) is 21.1 Å². The van der Waals surface area contributed by atoms with Gasteiger partial charge in [-0.05, 0) is 12.1 Å². The van der Waals surface area contributed by atoms with Gasteiger partial charge in [0, 0.05) is 17.8 Å². The Morgan fingerprint density at radius 2 is 1.95 bits per heavy atom. The van der Waals surface area contributed by atoms with E-state index in [2.05, 4.69) is 15.0 Å². The van der Waals surface area contributed by atoms with Crippen LogP contribution in [0.1, 0.15) is 5.56 Å². The second-order valence-electron chi connectivity index (χ2n) is 3.53. The number of hydrogen-bond donors (Lipinski definition) is 0. The van der Waals surface area contributed by atoms with Crippen molar-refractivity contribution in [3.8, 4) is 11.6 Å². The Balaban J connectivity index is 2.29. The zero-order valence-electron chi connectivity index (χ0n) is 10.5. The number of methoxy groups -OCH3 is 2. The molecule has 0 aliphatic rings. The van der Waals surface area contributed by atoms with Crippen molar-refractivity contribution in [1.82, 2.24) is 9.97 Å². The van der Waals surface area contributed by atoms with Crippen LogP contribution in [0.3, 0.4) is 0 Å². The van der Waals surface area contributed by atoms with Gasteiger partial charge in [-0.3, -0.25) is 0 Å². The lowest BCUT2D eigenvalue weighted by Gasteiger charge is -2.03. The predicted molar refractivity (Wildman–Crippen MR) is 73.8 cm³/mol. The molecule has 98 valence electrons. The van der Waals surface area contributed by atoms with E-state index in [0.29, 0.717) is 5.88 Å². The number of para-hydroxylation sites is 1. The molecular formula is C13H12ClN3O2. The molecule has 1 aromatic carbocycles. The monoisotopic (exact) mass is 277 g/mol. The largest absolute Gasteiger partial charge is 0.496 e. The van der Waals surface area contributed by atoms with Gasteiger partial charge in [0.1, 0.15) is 10.9 Å². The van der Waals surface area contributed by atoms with Crippen LogP contribution in [0.4, 0.5) is 5.95 Å². The summed E-state index contributed by atoms with van der Waals surface area (Å²) < 4.78 is 10.2. The minimum atomic E-state index is 0.232. The van der Waals surface area contributed by atoms with Gasteiger partial charge >= 0.3 is 0 Å². The van der Waals surface area contributed by atoms with E-state index >= 15 is 0 Å². The fraction of sp³-hybridized carbons (Fsp3) is 0.154. The lowest BCUT2D eigenvalue weighted by molar-refractivity contribution is 0.397. The maximum absolute atomic E-state index is 5.84. The van der Waals surface area contributed by atoms with Crippen LogP contribution < -0.4 is 9.47 Å². The second-order valence-corrected chi connectivity index (χ2v) is 3.92. The Hall–Kier alpha value is -2.14. The van der Waals surface area contributed by atoms with Crippen molar-refractivity contribution < 1.29 is 9.47 Å². The smallest absolute Gasteiger partial charge is 0.254 e. The molecule has 0 bridgehead atoms. The molecule has 0 radical (unpaired) electrons. The van der Waals surface area contributed by atoms with Gasteiger partial charge in [-0.15, -0.1) is 0 Å². The summed E-state index contributed by atoms with van der Waals surface area (Å²) in [5, 5.41) is 0.277. The van der Waals surface area contributed by atoms with Crippen molar-refractivity contribution in [1.29, 1.82) is 0 Å². The molecule has 6 heteroatoms. The SMILES string of the molecule is COc1cc(Cl)nc(N=Cc2ccccc2OC)n1. The van der Waals surface area contributed by atoms with Crippen LogP contribution in [0, 0.1) is 0 Å². The number of aliphatic imine (C=N–C) groups is 1. The van der Waals surface area contributed by atoms with Gasteiger partial charge in [-0.2, -0.15) is 9.97 Å². The van der Waals surface area contributed by atoms with Crippen molar-refractivity contribution in [2.45, 2.75) is 0 Å². The molecule has 1 aromatic heterocycles. The third kappa shape index (κ3) is 3.42. The van der Waals surface area contributed by atoms with E-state index < -0.39 is 0 Å². The molecule has 0 aliphatic heterocycles. The Labute approximate surface area is 115 Å². The molecule has 0 fully saturated rings. The highest BCUT2D eigenvalue weighted by Gasteiger charge is 2.02. The molecule has 0 saturated heterocycles. The first kappa shape index (κ1) is 13.3. The maximum atomic E-state index is 5.84. The number of hydrogen-bond acceptors (Lipinski definition) is 5. The average molecular weight is 278 g/mol. The lowest BCUT2D eigenvalue weighted by Crippen LogP contribution is -1.92. The van der Waals surface area contributed by atoms with Gasteiger partial charge in [0.2, 0.25) is 5.88 Å². The number of aromatic nitrogens is 2. The fourth-order valence-corrected chi connectivity index (χ4v) is 1.62. The normalized spacial score (nSPS) is 10.7. The highest BCUT2D eigenvalue weighted by molar-refractivity contribution is 6.29. The Morgan fingerprint density at radius 1 is 1.16 bits per heavy atom. The van der Waals surface area contributed by atoms with E-state index in [1.807, 2.05) is 24.3 Å². The van der Waals surface area contributed by atoms with Crippen molar-refractivity contribution in [2.24, 2.45) is 4.99 Å². The molecule has 0 aliphatic carbocycles. The summed E-state index contributed by atoms with van der Waals surface area (Å²) in [6, 6.07) is 9.02. The Bertz CT molecular complexity index is 602. The summed E-state index contributed by atoms with van der Waals surface area (Å²) in [5.74, 6) is 1.32. The number of ether oxygens (including phenoxy) is 2. The van der Waals surface area contributed by atoms with Crippen LogP contribution in [-0.4, -0.2) is 30.4 Å². The van der Waals surface area contributed by atoms with Crippen molar-refractivity contribution >= 4 is 23.8 Å². The van der Waals surface area contributed by atoms with Gasteiger partial charge in [-0.1, -0.05) is 23.7 Å². The van der Waals surface area contributed by atoms with E-state index in [1.165, 1.54) is 13.2 Å². The van der Waals surface area contributed by atoms with E-state index in [1.54, 1.807) is 13.3 Å². The van der Waals surface area contributed by atoms with Gasteiger partial charge in [0.05, 0.1) is 14.2 Å². The standard InChI is InChI=1S/C13H12ClN3O2/c1-18-10-6-4-3-5-9(10)8-15-13-16-11(14)7-12(17-13)19-2/h3-8H,1-2H3. The number of rotatable bonds is 4. The van der Waals surface area contributed by atoms with Crippen LogP contribution >= 0.6 is 11.6 Å². The molecule has 2 rings (SSSR count). The molecular weight excluding hydrogens is 266 g/mol. The summed E-state index contributed by atoms with van der Waals surface area (Å²) in [7, 11) is 3.11. The quantitative estimate of drug-likeness (QED) is 0.637. The van der Waals surface area contributed by atoms with E-state index in [0.717, 1.165) is 11.3 Å². The topological polar surface area (TPSA) is 56.6 Å². The minimum Gasteiger partial charge on any atom is -0.496 e. The molecule has 19 heavy (non-hydrogen) atoms. The predicted octanol–water partition coefficient (Wildman–Crippen LogP) is 2.90. The number of benzene rings is 1. The van der Waals surface area contributed by atoms with Gasteiger partial charge in [0.25, 0.3) is 5.95 Å². The summed E-state index contributed by atoms with van der Waals surface area (Å²) >= 11 is 5.84. The van der Waals surface area contributed by atoms with Gasteiger partial charge in [0.15, 0.2) is 0 Å². The Kier molecular flexibility index (Phi) is 4.30. The molecule has 0 amide bonds. The van der Waals surface area contributed by atoms with Crippen LogP contribution in [0.25, 0.3) is 0 Å². The summed E-state index contributed by atoms with van der Waals surface area (Å²) in [4.78, 5) is 12.2. The van der Waals surface area contributed by atoms with E-state index in [9.17, 15) is 0 Å². The Morgan fingerprint density at radius 3 is 2.68 bits per heavy atom. The molecule has 1 heterocycles. The maximum Gasteiger partial charge on any atom is 0.254 e. The average Bonchev–Trinajstić information content (AvgIpc) is 2.44. The first-order valence-corrected chi connectivity index (χ1v) is 5.86. The van der Waals surface area contributed by atoms with Crippen LogP contribution in [0.5, 0.6) is 11.6 Å². The minimum absolute atomic E-state index is 0.232. The first-order valence-electron chi connectivity index (χ1n) is 5.48. The number of nitrogens with zero attached hydrogens (tertiary/aromatic N) is 3. The molecule has 0 spiro atoms. The molecule has 0 N–H and O–H groups in total. The molecule has 0 saturated carbocycles. The zero-order valence-corrected chi connectivity index (χ0v) is 11.3. The van der Waals surface area contributed by atoms with Crippen LogP contribution in [0.15, 0.2) is 35.3 Å². The van der Waals surface area contributed by atoms with Crippen LogP contribution in [-0.2, 0) is 0 Å². The molecule has 0 atom stereocenters. The highest BCUT2D eigenvalue weighted by Crippen LogP contribution is 2.19. The zero-order chi connectivity index (χ0) is 13.7. The van der Waals surface area contributed by atoms with Crippen molar-refractivity contribution in [3.63, 3.8) is 0 Å². The second kappa shape index (κ2) is 6.15. The van der Waals surface area contributed by atoms with Crippen LogP contribution in [0.2, 0.25) is 5.15 Å². The van der Waals surface area contributed by atoms with Crippen molar-refractivity contribution in [2.75, 3.05) is 14.2 Å². The number of halogens is 1. The molecule has 5 nitrogen and oxygen atoms in total. The van der Waals surface area contributed by atoms with E-state index in [-0.39, 0.29) is 11.1 Å². The third-order valence-corrected chi connectivity index (χ3v) is 2.52. The fourth-order valence-electron chi connectivity index (χ4n) is 1.45. The van der Waals surface area contributed by atoms with Gasteiger partial charge < -0.3 is 9.47 Å². The lowest BCUT2D eigenvalue weighted by atomic mass is 10.2. The summed E-state index contributed by atoms with van der Waals surface area (Å²) in [6.07, 6.45) is 1.62. The summed E-state index contributed by atoms with van der Waals surface area (Å²) in [6.45, 7) is 0. The van der Waals surface area contributed by atoms with Crippen molar-refractivity contribution in [3.05, 3.63) is 41.0 Å². The van der Waals surface area contributed by atoms with Gasteiger partial charge in [-0.25, -0.2) is 4.99 Å². The highest BCUT2D eigenvalue weighted by atomic mass is 35.5. The summed E-state index contributed by atoms with van der Waals surface area (Å²) in [5.41, 5.74) is 0.826. The first-order chi connectivity index (χ1) is 9.22. The molecule has 0 unspecified atom stereocenters.